The number of carbonyl (C=O) groups is 3. The number of ether oxygens (including phenoxy) is 2. The molecule has 0 aliphatic carbocycles. The Hall–Kier alpha value is -3.88. The van der Waals surface area contributed by atoms with Gasteiger partial charge in [0.25, 0.3) is 11.8 Å². The van der Waals surface area contributed by atoms with E-state index >= 15 is 0 Å². The van der Waals surface area contributed by atoms with Crippen LogP contribution in [0.2, 0.25) is 0 Å². The Bertz CT molecular complexity index is 1100. The third-order valence-electron chi connectivity index (χ3n) is 5.99. The van der Waals surface area contributed by atoms with Crippen LogP contribution in [0.5, 0.6) is 11.5 Å². The van der Waals surface area contributed by atoms with Crippen LogP contribution in [-0.2, 0) is 4.79 Å². The molecule has 2 heterocycles. The molecule has 2 aliphatic heterocycles. The minimum absolute atomic E-state index is 0.0971. The van der Waals surface area contributed by atoms with Crippen LogP contribution in [0.25, 0.3) is 0 Å². The van der Waals surface area contributed by atoms with Gasteiger partial charge in [-0.15, -0.1) is 6.58 Å². The van der Waals surface area contributed by atoms with Crippen molar-refractivity contribution in [2.75, 3.05) is 26.4 Å². The summed E-state index contributed by atoms with van der Waals surface area (Å²) in [6.07, 6.45) is 2.58. The van der Waals surface area contributed by atoms with Crippen molar-refractivity contribution >= 4 is 17.7 Å². The van der Waals surface area contributed by atoms with Gasteiger partial charge >= 0.3 is 0 Å². The number of hydrogen-bond donors (Lipinski definition) is 2. The molecule has 9 heteroatoms. The summed E-state index contributed by atoms with van der Waals surface area (Å²) in [6.45, 7) is 4.77. The smallest absolute Gasteiger partial charge is 0.253 e. The van der Waals surface area contributed by atoms with E-state index in [1.54, 1.807) is 35.2 Å². The van der Waals surface area contributed by atoms with E-state index in [9.17, 15) is 18.8 Å². The first kappa shape index (κ1) is 23.3. The second-order valence-electron chi connectivity index (χ2n) is 8.19. The minimum atomic E-state index is -0.788. The molecule has 1 saturated heterocycles. The molecule has 1 atom stereocenters. The molecule has 1 unspecified atom stereocenters. The molecular formula is C25H26FN3O5. The predicted molar refractivity (Wildman–Crippen MR) is 122 cm³/mol. The maximum atomic E-state index is 13.5. The molecule has 34 heavy (non-hydrogen) atoms. The molecule has 0 saturated carbocycles. The lowest BCUT2D eigenvalue weighted by molar-refractivity contribution is -0.124. The summed E-state index contributed by atoms with van der Waals surface area (Å²) in [5, 5.41) is 5.61. The zero-order valence-electron chi connectivity index (χ0n) is 18.6. The topological polar surface area (TPSA) is 97.0 Å². The second kappa shape index (κ2) is 10.4. The van der Waals surface area contributed by atoms with E-state index in [4.69, 9.17) is 9.47 Å². The molecule has 2 N–H and O–H groups in total. The fourth-order valence-electron chi connectivity index (χ4n) is 4.18. The average Bonchev–Trinajstić information content (AvgIpc) is 3.33. The number of halogens is 1. The number of rotatable bonds is 7. The van der Waals surface area contributed by atoms with Gasteiger partial charge in [-0.3, -0.25) is 14.4 Å². The summed E-state index contributed by atoms with van der Waals surface area (Å²) >= 11 is 0. The number of nitrogens with one attached hydrogen (secondary N) is 2. The van der Waals surface area contributed by atoms with Crippen LogP contribution in [0.15, 0.2) is 55.1 Å². The van der Waals surface area contributed by atoms with Gasteiger partial charge in [0.15, 0.2) is 11.5 Å². The fraction of sp³-hybridized carbons (Fsp3) is 0.320. The molecular weight excluding hydrogens is 441 g/mol. The number of nitrogens with zero attached hydrogens (tertiary/aromatic N) is 1. The Morgan fingerprint density at radius 1 is 1.09 bits per heavy atom. The van der Waals surface area contributed by atoms with Crippen molar-refractivity contribution in [3.05, 3.63) is 72.1 Å². The maximum Gasteiger partial charge on any atom is 0.253 e. The first-order chi connectivity index (χ1) is 16.5. The maximum absolute atomic E-state index is 13.5. The van der Waals surface area contributed by atoms with Gasteiger partial charge in [-0.2, -0.15) is 0 Å². The second-order valence-corrected chi connectivity index (χ2v) is 8.19. The molecule has 0 radical (unpaired) electrons. The van der Waals surface area contributed by atoms with Crippen molar-refractivity contribution in [1.82, 2.24) is 15.5 Å². The van der Waals surface area contributed by atoms with Crippen LogP contribution in [-0.4, -0.2) is 55.1 Å². The molecule has 178 valence electrons. The number of fused-ring (bicyclic) bond motifs is 1. The number of amides is 3. The van der Waals surface area contributed by atoms with E-state index in [0.29, 0.717) is 43.0 Å². The van der Waals surface area contributed by atoms with Crippen LogP contribution >= 0.6 is 0 Å². The van der Waals surface area contributed by atoms with Crippen molar-refractivity contribution in [3.8, 4) is 11.5 Å². The lowest BCUT2D eigenvalue weighted by atomic mass is 9.88. The fourth-order valence-corrected chi connectivity index (χ4v) is 4.18. The standard InChI is InChI=1S/C25H26FN3O5/c1-2-10-27-24(31)22(28-23(30)17-6-7-20-21(14-17)34-15-33-20)16-8-11-29(12-9-16)25(32)18-4-3-5-19(26)13-18/h2-7,13-14,16,22H,1,8-12,15H2,(H,27,31)(H,28,30). The largest absolute Gasteiger partial charge is 0.454 e. The first-order valence-electron chi connectivity index (χ1n) is 11.1. The van der Waals surface area contributed by atoms with Crippen molar-refractivity contribution < 1.29 is 28.2 Å². The number of benzene rings is 2. The van der Waals surface area contributed by atoms with Crippen LogP contribution < -0.4 is 20.1 Å². The summed E-state index contributed by atoms with van der Waals surface area (Å²) in [5.74, 6) is -0.587. The van der Waals surface area contributed by atoms with Crippen LogP contribution in [0.4, 0.5) is 4.39 Å². The Kier molecular flexibility index (Phi) is 7.10. The highest BCUT2D eigenvalue weighted by Gasteiger charge is 2.34. The quantitative estimate of drug-likeness (QED) is 0.610. The predicted octanol–water partition coefficient (Wildman–Crippen LogP) is 2.51. The minimum Gasteiger partial charge on any atom is -0.454 e. The zero-order valence-corrected chi connectivity index (χ0v) is 18.6. The van der Waals surface area contributed by atoms with Crippen molar-refractivity contribution in [2.45, 2.75) is 18.9 Å². The monoisotopic (exact) mass is 467 g/mol. The number of carbonyl (C=O) groups excluding carboxylic acids is 3. The number of hydrogen-bond acceptors (Lipinski definition) is 5. The Labute approximate surface area is 196 Å². The zero-order chi connectivity index (χ0) is 24.1. The van der Waals surface area contributed by atoms with Gasteiger partial charge in [0.2, 0.25) is 12.7 Å². The first-order valence-corrected chi connectivity index (χ1v) is 11.1. The van der Waals surface area contributed by atoms with E-state index in [0.717, 1.165) is 0 Å². The SMILES string of the molecule is C=CCNC(=O)C(NC(=O)c1ccc2c(c1)OCO2)C1CCN(C(=O)c2cccc(F)c2)CC1. The molecule has 2 aromatic carbocycles. The van der Waals surface area contributed by atoms with Gasteiger partial charge < -0.3 is 25.0 Å². The third-order valence-corrected chi connectivity index (χ3v) is 5.99. The molecule has 0 aromatic heterocycles. The Morgan fingerprint density at radius 2 is 1.85 bits per heavy atom. The third kappa shape index (κ3) is 5.19. The van der Waals surface area contributed by atoms with Crippen LogP contribution in [0.3, 0.4) is 0 Å². The highest BCUT2D eigenvalue weighted by Crippen LogP contribution is 2.32. The van der Waals surface area contributed by atoms with Crippen molar-refractivity contribution in [3.63, 3.8) is 0 Å². The van der Waals surface area contributed by atoms with Crippen LogP contribution in [0, 0.1) is 11.7 Å². The molecule has 3 amide bonds. The summed E-state index contributed by atoms with van der Waals surface area (Å²) in [5.41, 5.74) is 0.638. The van der Waals surface area contributed by atoms with Gasteiger partial charge in [0.05, 0.1) is 0 Å². The van der Waals surface area contributed by atoms with E-state index in [1.807, 2.05) is 0 Å². The highest BCUT2D eigenvalue weighted by atomic mass is 19.1. The Morgan fingerprint density at radius 3 is 2.59 bits per heavy atom. The Balaban J connectivity index is 1.44. The van der Waals surface area contributed by atoms with Gasteiger partial charge in [-0.05, 0) is 55.2 Å². The molecule has 2 aromatic rings. The summed E-state index contributed by atoms with van der Waals surface area (Å²) in [7, 11) is 0. The van der Waals surface area contributed by atoms with Gasteiger partial charge in [0, 0.05) is 30.8 Å². The van der Waals surface area contributed by atoms with E-state index in [2.05, 4.69) is 17.2 Å². The van der Waals surface area contributed by atoms with Crippen LogP contribution in [0.1, 0.15) is 33.6 Å². The van der Waals surface area contributed by atoms with E-state index < -0.39 is 17.8 Å². The lowest BCUT2D eigenvalue weighted by Crippen LogP contribution is -2.53. The summed E-state index contributed by atoms with van der Waals surface area (Å²) in [4.78, 5) is 40.2. The van der Waals surface area contributed by atoms with Gasteiger partial charge in [0.1, 0.15) is 11.9 Å². The normalized spacial score (nSPS) is 16.0. The van der Waals surface area contributed by atoms with E-state index in [-0.39, 0.29) is 36.6 Å². The number of likely N-dealkylation sites (tertiary alicyclic amines) is 1. The van der Waals surface area contributed by atoms with Gasteiger partial charge in [-0.25, -0.2) is 4.39 Å². The summed E-state index contributed by atoms with van der Waals surface area (Å²) in [6, 6.07) is 9.64. The molecule has 8 nitrogen and oxygen atoms in total. The van der Waals surface area contributed by atoms with Crippen molar-refractivity contribution in [1.29, 1.82) is 0 Å². The van der Waals surface area contributed by atoms with Gasteiger partial charge in [-0.1, -0.05) is 12.1 Å². The average molecular weight is 467 g/mol. The molecule has 0 spiro atoms. The van der Waals surface area contributed by atoms with Crippen molar-refractivity contribution in [2.24, 2.45) is 5.92 Å². The number of piperidine rings is 1. The van der Waals surface area contributed by atoms with E-state index in [1.165, 1.54) is 18.2 Å². The highest BCUT2D eigenvalue weighted by molar-refractivity contribution is 5.98. The summed E-state index contributed by atoms with van der Waals surface area (Å²) < 4.78 is 24.1. The molecule has 1 fully saturated rings. The molecule has 4 rings (SSSR count). The molecule has 2 aliphatic rings. The lowest BCUT2D eigenvalue weighted by Gasteiger charge is -2.35. The molecule has 0 bridgehead atoms.